The van der Waals surface area contributed by atoms with Crippen molar-refractivity contribution in [1.29, 1.82) is 0 Å². The number of nitrogens with one attached hydrogen (secondary N) is 1. The van der Waals surface area contributed by atoms with E-state index in [9.17, 15) is 39.2 Å². The van der Waals surface area contributed by atoms with Gasteiger partial charge in [-0.1, -0.05) is 0 Å². The van der Waals surface area contributed by atoms with Gasteiger partial charge in [-0.3, -0.25) is 13.8 Å². The number of hydrogen-bond donors (Lipinski definition) is 1. The third kappa shape index (κ3) is 7.26. The molecule has 2 aromatic carbocycles. The monoisotopic (exact) mass is 584 g/mol. The average Bonchev–Trinajstić information content (AvgIpc) is 2.74. The maximum absolute atomic E-state index is 13.8. The third-order valence-corrected chi connectivity index (χ3v) is 7.18. The van der Waals surface area contributed by atoms with Gasteiger partial charge in [0.25, 0.3) is 20.1 Å². The van der Waals surface area contributed by atoms with Crippen LogP contribution in [0.5, 0.6) is 5.75 Å². The lowest BCUT2D eigenvalue weighted by Gasteiger charge is -2.35. The van der Waals surface area contributed by atoms with Crippen LogP contribution < -0.4 is 14.4 Å². The molecule has 1 unspecified atom stereocenters. The number of alkyl halides is 3. The molecule has 0 radical (unpaired) electrons. The smallest absolute Gasteiger partial charge is 0.419 e. The number of ether oxygens (including phenoxy) is 2. The van der Waals surface area contributed by atoms with Crippen LogP contribution in [0.3, 0.4) is 0 Å². The number of anilines is 2. The van der Waals surface area contributed by atoms with Gasteiger partial charge in [0.2, 0.25) is 0 Å². The van der Waals surface area contributed by atoms with Crippen LogP contribution >= 0.6 is 0 Å². The Labute approximate surface area is 216 Å². The molecule has 3 rings (SSSR count). The standard InChI is InChI=1S/C22H24F4N2O8S2/c1-21(2,3)36-20(29)27-13-5-8-19-18(9-13)28(11-14(35-19)12-34-37(4,30)31)38(32,33)15-6-7-17(23)16(10-15)22(24,25)26/h5-10,14H,11-12H2,1-4H3,(H,27,29). The first-order valence-corrected chi connectivity index (χ1v) is 14.1. The summed E-state index contributed by atoms with van der Waals surface area (Å²) in [5.41, 5.74) is -2.76. The van der Waals surface area contributed by atoms with Crippen molar-refractivity contribution in [3.63, 3.8) is 0 Å². The quantitative estimate of drug-likeness (QED) is 0.397. The molecule has 0 aliphatic carbocycles. The Morgan fingerprint density at radius 2 is 1.76 bits per heavy atom. The molecule has 1 amide bonds. The van der Waals surface area contributed by atoms with Gasteiger partial charge >= 0.3 is 12.3 Å². The summed E-state index contributed by atoms with van der Waals surface area (Å²) in [7, 11) is -8.74. The van der Waals surface area contributed by atoms with Crippen LogP contribution in [0.4, 0.5) is 33.7 Å². The van der Waals surface area contributed by atoms with Gasteiger partial charge in [-0.25, -0.2) is 17.6 Å². The Kier molecular flexibility index (Phi) is 7.92. The van der Waals surface area contributed by atoms with Crippen molar-refractivity contribution in [2.75, 3.05) is 29.0 Å². The summed E-state index contributed by atoms with van der Waals surface area (Å²) in [5.74, 6) is -1.77. The number of carbonyl (C=O) groups excluding carboxylic acids is 1. The molecular formula is C22H24F4N2O8S2. The molecular weight excluding hydrogens is 560 g/mol. The van der Waals surface area contributed by atoms with E-state index >= 15 is 0 Å². The molecule has 0 spiro atoms. The first-order valence-electron chi connectivity index (χ1n) is 10.8. The van der Waals surface area contributed by atoms with Gasteiger partial charge < -0.3 is 9.47 Å². The zero-order chi connectivity index (χ0) is 28.7. The average molecular weight is 585 g/mol. The SMILES string of the molecule is CC(C)(C)OC(=O)Nc1ccc2c(c1)N(S(=O)(=O)c1ccc(F)c(C(F)(F)F)c1)CC(COS(C)(=O)=O)O2. The van der Waals surface area contributed by atoms with Crippen molar-refractivity contribution in [3.8, 4) is 5.75 Å². The molecule has 1 aliphatic rings. The van der Waals surface area contributed by atoms with Gasteiger partial charge in [-0.2, -0.15) is 21.6 Å². The van der Waals surface area contributed by atoms with E-state index in [-0.39, 0.29) is 23.2 Å². The van der Waals surface area contributed by atoms with E-state index in [4.69, 9.17) is 13.7 Å². The molecule has 0 bridgehead atoms. The summed E-state index contributed by atoms with van der Waals surface area (Å²) >= 11 is 0. The Morgan fingerprint density at radius 1 is 1.11 bits per heavy atom. The van der Waals surface area contributed by atoms with Crippen molar-refractivity contribution in [1.82, 2.24) is 0 Å². The summed E-state index contributed by atoms with van der Waals surface area (Å²) in [6.45, 7) is 3.67. The zero-order valence-corrected chi connectivity index (χ0v) is 22.1. The molecule has 1 atom stereocenters. The number of rotatable bonds is 6. The first-order chi connectivity index (χ1) is 17.3. The zero-order valence-electron chi connectivity index (χ0n) is 20.5. The molecule has 0 fully saturated rings. The minimum absolute atomic E-state index is 0.0581. The van der Waals surface area contributed by atoms with Crippen molar-refractivity contribution in [2.24, 2.45) is 0 Å². The number of hydrogen-bond acceptors (Lipinski definition) is 8. The summed E-state index contributed by atoms with van der Waals surface area (Å²) in [6, 6.07) is 4.99. The Morgan fingerprint density at radius 3 is 2.34 bits per heavy atom. The highest BCUT2D eigenvalue weighted by Gasteiger charge is 2.39. The van der Waals surface area contributed by atoms with E-state index in [0.29, 0.717) is 16.4 Å². The number of fused-ring (bicyclic) bond motifs is 1. The lowest BCUT2D eigenvalue weighted by molar-refractivity contribution is -0.140. The Bertz CT molecular complexity index is 1440. The van der Waals surface area contributed by atoms with E-state index in [2.05, 4.69) is 5.32 Å². The molecule has 1 N–H and O–H groups in total. The molecule has 10 nitrogen and oxygen atoms in total. The lowest BCUT2D eigenvalue weighted by Crippen LogP contribution is -2.45. The minimum Gasteiger partial charge on any atom is -0.484 e. The number of carbonyl (C=O) groups is 1. The second-order valence-electron chi connectivity index (χ2n) is 9.21. The number of sulfonamides is 1. The second kappa shape index (κ2) is 10.2. The Balaban J connectivity index is 2.07. The minimum atomic E-state index is -5.17. The molecule has 0 saturated carbocycles. The molecule has 0 saturated heterocycles. The maximum Gasteiger partial charge on any atom is 0.419 e. The number of amides is 1. The number of benzene rings is 2. The van der Waals surface area contributed by atoms with Crippen LogP contribution in [0.1, 0.15) is 26.3 Å². The predicted molar refractivity (Wildman–Crippen MR) is 127 cm³/mol. The van der Waals surface area contributed by atoms with Crippen molar-refractivity contribution < 1.29 is 52.8 Å². The summed E-state index contributed by atoms with van der Waals surface area (Å²) in [5, 5.41) is 2.41. The molecule has 2 aromatic rings. The van der Waals surface area contributed by atoms with Crippen molar-refractivity contribution in [2.45, 2.75) is 43.5 Å². The molecule has 1 aliphatic heterocycles. The lowest BCUT2D eigenvalue weighted by atomic mass is 10.2. The highest BCUT2D eigenvalue weighted by atomic mass is 32.2. The molecule has 1 heterocycles. The van der Waals surface area contributed by atoms with Crippen molar-refractivity contribution in [3.05, 3.63) is 47.8 Å². The van der Waals surface area contributed by atoms with Crippen LogP contribution in [0.15, 0.2) is 41.3 Å². The molecule has 210 valence electrons. The molecule has 16 heteroatoms. The van der Waals surface area contributed by atoms with E-state index in [1.807, 2.05) is 0 Å². The van der Waals surface area contributed by atoms with Crippen LogP contribution in [-0.4, -0.2) is 54.0 Å². The van der Waals surface area contributed by atoms with E-state index < -0.39 is 73.5 Å². The van der Waals surface area contributed by atoms with Gasteiger partial charge in [0.1, 0.15) is 29.9 Å². The first kappa shape index (κ1) is 29.4. The van der Waals surface area contributed by atoms with Crippen LogP contribution in [0.2, 0.25) is 0 Å². The Hall–Kier alpha value is -3.11. The summed E-state index contributed by atoms with van der Waals surface area (Å²) in [6.07, 6.45) is -6.46. The highest BCUT2D eigenvalue weighted by Crippen LogP contribution is 2.40. The van der Waals surface area contributed by atoms with Crippen LogP contribution in [-0.2, 0) is 35.2 Å². The second-order valence-corrected chi connectivity index (χ2v) is 12.7. The fraction of sp³-hybridized carbons (Fsp3) is 0.409. The van der Waals surface area contributed by atoms with Gasteiger partial charge in [-0.15, -0.1) is 0 Å². The highest BCUT2D eigenvalue weighted by molar-refractivity contribution is 7.92. The normalized spacial score (nSPS) is 16.4. The number of halogens is 4. The van der Waals surface area contributed by atoms with E-state index in [1.165, 1.54) is 18.2 Å². The van der Waals surface area contributed by atoms with Crippen molar-refractivity contribution >= 4 is 37.6 Å². The van der Waals surface area contributed by atoms with Crippen LogP contribution in [0, 0.1) is 5.82 Å². The van der Waals surface area contributed by atoms with Crippen LogP contribution in [0.25, 0.3) is 0 Å². The fourth-order valence-corrected chi connectivity index (χ4v) is 5.26. The van der Waals surface area contributed by atoms with E-state index in [1.54, 1.807) is 20.8 Å². The largest absolute Gasteiger partial charge is 0.484 e. The van der Waals surface area contributed by atoms with Gasteiger partial charge in [0.05, 0.1) is 28.9 Å². The molecule has 0 aromatic heterocycles. The summed E-state index contributed by atoms with van der Waals surface area (Å²) < 4.78 is 120. The topological polar surface area (TPSA) is 128 Å². The van der Waals surface area contributed by atoms with Gasteiger partial charge in [0.15, 0.2) is 0 Å². The maximum atomic E-state index is 13.8. The van der Waals surface area contributed by atoms with Gasteiger partial charge in [-0.05, 0) is 57.2 Å². The third-order valence-electron chi connectivity index (χ3n) is 4.84. The van der Waals surface area contributed by atoms with Gasteiger partial charge in [0, 0.05) is 5.69 Å². The molecule has 38 heavy (non-hydrogen) atoms. The summed E-state index contributed by atoms with van der Waals surface area (Å²) in [4.78, 5) is 11.3. The number of nitrogens with zero attached hydrogens (tertiary/aromatic N) is 1. The van der Waals surface area contributed by atoms with E-state index in [0.717, 1.165) is 6.26 Å². The fourth-order valence-electron chi connectivity index (χ4n) is 3.33. The predicted octanol–water partition coefficient (Wildman–Crippen LogP) is 4.12.